The number of amides is 2. The van der Waals surface area contributed by atoms with Gasteiger partial charge in [0.05, 0.1) is 10.6 Å². The van der Waals surface area contributed by atoms with Crippen LogP contribution >= 0.6 is 23.2 Å². The van der Waals surface area contributed by atoms with Crippen molar-refractivity contribution in [3.63, 3.8) is 0 Å². The van der Waals surface area contributed by atoms with Crippen LogP contribution in [0, 0.1) is 0 Å². The number of nitrogens with one attached hydrogen (secondary N) is 1. The van der Waals surface area contributed by atoms with Gasteiger partial charge in [0.1, 0.15) is 0 Å². The average Bonchev–Trinajstić information content (AvgIpc) is 2.64. The minimum Gasteiger partial charge on any atom is -0.349 e. The largest absolute Gasteiger partial charge is 0.349 e. The first-order valence-electron chi connectivity index (χ1n) is 8.15. The Morgan fingerprint density at radius 2 is 1.68 bits per heavy atom. The normalized spacial score (nSPS) is 15.0. The van der Waals surface area contributed by atoms with Gasteiger partial charge in [-0.1, -0.05) is 41.4 Å². The van der Waals surface area contributed by atoms with Crippen LogP contribution in [0.15, 0.2) is 48.5 Å². The van der Waals surface area contributed by atoms with Crippen LogP contribution in [0.25, 0.3) is 0 Å². The van der Waals surface area contributed by atoms with E-state index in [1.807, 2.05) is 18.2 Å². The molecule has 2 aromatic carbocycles. The number of benzene rings is 2. The van der Waals surface area contributed by atoms with E-state index in [0.29, 0.717) is 47.1 Å². The fourth-order valence-electron chi connectivity index (χ4n) is 2.92. The van der Waals surface area contributed by atoms with E-state index < -0.39 is 0 Å². The Balaban J connectivity index is 1.57. The lowest BCUT2D eigenvalue weighted by atomic mass is 10.0. The number of rotatable bonds is 3. The number of carbonyl (C=O) groups excluding carboxylic acids is 2. The smallest absolute Gasteiger partial charge is 0.255 e. The van der Waals surface area contributed by atoms with Crippen molar-refractivity contribution in [1.82, 2.24) is 10.2 Å². The van der Waals surface area contributed by atoms with E-state index in [2.05, 4.69) is 5.32 Å². The summed E-state index contributed by atoms with van der Waals surface area (Å²) in [6, 6.07) is 14.1. The van der Waals surface area contributed by atoms with Crippen LogP contribution in [0.1, 0.15) is 33.6 Å². The second kappa shape index (κ2) is 7.89. The third-order valence-electron chi connectivity index (χ3n) is 4.31. The van der Waals surface area contributed by atoms with Gasteiger partial charge in [0.15, 0.2) is 0 Å². The molecular weight excluding hydrogens is 359 g/mol. The summed E-state index contributed by atoms with van der Waals surface area (Å²) in [4.78, 5) is 26.6. The number of carbonyl (C=O) groups is 2. The molecule has 6 heteroatoms. The summed E-state index contributed by atoms with van der Waals surface area (Å²) < 4.78 is 0. The second-order valence-corrected chi connectivity index (χ2v) is 6.87. The first-order chi connectivity index (χ1) is 12.0. The van der Waals surface area contributed by atoms with Gasteiger partial charge in [-0.25, -0.2) is 0 Å². The lowest BCUT2D eigenvalue weighted by Gasteiger charge is -2.32. The predicted octanol–water partition coefficient (Wildman–Crippen LogP) is 4.03. The van der Waals surface area contributed by atoms with E-state index in [0.717, 1.165) is 0 Å². The molecule has 1 heterocycles. The van der Waals surface area contributed by atoms with E-state index in [1.165, 1.54) is 0 Å². The molecule has 130 valence electrons. The Labute approximate surface area is 156 Å². The number of likely N-dealkylation sites (tertiary alicyclic amines) is 1. The molecule has 4 nitrogen and oxygen atoms in total. The highest BCUT2D eigenvalue weighted by Crippen LogP contribution is 2.23. The maximum absolute atomic E-state index is 12.6. The third kappa shape index (κ3) is 4.33. The first-order valence-corrected chi connectivity index (χ1v) is 8.90. The monoisotopic (exact) mass is 376 g/mol. The van der Waals surface area contributed by atoms with E-state index in [-0.39, 0.29) is 17.9 Å². The van der Waals surface area contributed by atoms with Gasteiger partial charge in [-0.05, 0) is 43.2 Å². The average molecular weight is 377 g/mol. The highest BCUT2D eigenvalue weighted by Gasteiger charge is 2.26. The molecule has 0 atom stereocenters. The lowest BCUT2D eigenvalue weighted by Crippen LogP contribution is -2.46. The number of piperidine rings is 1. The molecule has 0 saturated carbocycles. The van der Waals surface area contributed by atoms with Crippen LogP contribution in [0.4, 0.5) is 0 Å². The topological polar surface area (TPSA) is 49.4 Å². The van der Waals surface area contributed by atoms with Crippen LogP contribution < -0.4 is 5.32 Å². The quantitative estimate of drug-likeness (QED) is 0.878. The van der Waals surface area contributed by atoms with Gasteiger partial charge < -0.3 is 10.2 Å². The second-order valence-electron chi connectivity index (χ2n) is 6.03. The number of nitrogens with zero attached hydrogens (tertiary/aromatic N) is 1. The van der Waals surface area contributed by atoms with Gasteiger partial charge in [-0.2, -0.15) is 0 Å². The summed E-state index contributed by atoms with van der Waals surface area (Å²) in [6.45, 7) is 1.14. The van der Waals surface area contributed by atoms with Crippen molar-refractivity contribution >= 4 is 35.0 Å². The number of hydrogen-bond donors (Lipinski definition) is 1. The summed E-state index contributed by atoms with van der Waals surface area (Å²) >= 11 is 12.1. The van der Waals surface area contributed by atoms with Crippen molar-refractivity contribution in [3.8, 4) is 0 Å². The molecule has 1 N–H and O–H groups in total. The minimum absolute atomic E-state index is 0.0617. The zero-order valence-electron chi connectivity index (χ0n) is 13.5. The van der Waals surface area contributed by atoms with E-state index >= 15 is 0 Å². The molecule has 0 spiro atoms. The Kier molecular flexibility index (Phi) is 5.61. The fourth-order valence-corrected chi connectivity index (χ4v) is 3.29. The van der Waals surface area contributed by atoms with Crippen molar-refractivity contribution < 1.29 is 9.59 Å². The molecule has 0 bridgehead atoms. The highest BCUT2D eigenvalue weighted by atomic mass is 35.5. The van der Waals surface area contributed by atoms with Crippen LogP contribution in [0.2, 0.25) is 10.0 Å². The van der Waals surface area contributed by atoms with Gasteiger partial charge in [-0.3, -0.25) is 9.59 Å². The SMILES string of the molecule is O=C(NC1CCN(C(=O)c2cc(Cl)ccc2Cl)CC1)c1ccccc1. The van der Waals surface area contributed by atoms with Crippen LogP contribution in [-0.2, 0) is 0 Å². The molecule has 1 aliphatic rings. The molecule has 25 heavy (non-hydrogen) atoms. The standard InChI is InChI=1S/C19H18Cl2N2O2/c20-14-6-7-17(21)16(12-14)19(25)23-10-8-15(9-11-23)22-18(24)13-4-2-1-3-5-13/h1-7,12,15H,8-11H2,(H,22,24). The van der Waals surface area contributed by atoms with Crippen molar-refractivity contribution in [2.75, 3.05) is 13.1 Å². The van der Waals surface area contributed by atoms with Crippen molar-refractivity contribution in [2.24, 2.45) is 0 Å². The molecule has 0 aliphatic carbocycles. The van der Waals surface area contributed by atoms with Crippen molar-refractivity contribution in [2.45, 2.75) is 18.9 Å². The maximum atomic E-state index is 12.6. The first kappa shape index (κ1) is 17.8. The molecule has 1 aliphatic heterocycles. The Hall–Kier alpha value is -2.04. The lowest BCUT2D eigenvalue weighted by molar-refractivity contribution is 0.0698. The summed E-state index contributed by atoms with van der Waals surface area (Å²) in [7, 11) is 0. The summed E-state index contributed by atoms with van der Waals surface area (Å²) in [5, 5.41) is 3.91. The Morgan fingerprint density at radius 1 is 1.00 bits per heavy atom. The molecule has 0 aromatic heterocycles. The fraction of sp³-hybridized carbons (Fsp3) is 0.263. The molecule has 2 amide bonds. The minimum atomic E-state index is -0.125. The summed E-state index contributed by atoms with van der Waals surface area (Å²) in [5.41, 5.74) is 1.06. The van der Waals surface area contributed by atoms with Crippen LogP contribution in [0.3, 0.4) is 0 Å². The number of halogens is 2. The van der Waals surface area contributed by atoms with Gasteiger partial charge in [-0.15, -0.1) is 0 Å². The Morgan fingerprint density at radius 3 is 2.36 bits per heavy atom. The summed E-state index contributed by atoms with van der Waals surface area (Å²) in [6.07, 6.45) is 1.42. The molecule has 0 radical (unpaired) electrons. The van der Waals surface area contributed by atoms with Gasteiger partial charge in [0.25, 0.3) is 11.8 Å². The van der Waals surface area contributed by atoms with Crippen LogP contribution in [0.5, 0.6) is 0 Å². The molecule has 2 aromatic rings. The third-order valence-corrected chi connectivity index (χ3v) is 4.88. The zero-order valence-corrected chi connectivity index (χ0v) is 15.1. The Bertz CT molecular complexity index is 772. The molecule has 0 unspecified atom stereocenters. The molecule has 1 fully saturated rings. The molecular formula is C19H18Cl2N2O2. The van der Waals surface area contributed by atoms with Gasteiger partial charge in [0, 0.05) is 29.7 Å². The van der Waals surface area contributed by atoms with Gasteiger partial charge in [0.2, 0.25) is 0 Å². The number of hydrogen-bond acceptors (Lipinski definition) is 2. The highest BCUT2D eigenvalue weighted by molar-refractivity contribution is 6.35. The van der Waals surface area contributed by atoms with Gasteiger partial charge >= 0.3 is 0 Å². The van der Waals surface area contributed by atoms with Crippen molar-refractivity contribution in [3.05, 3.63) is 69.7 Å². The van der Waals surface area contributed by atoms with E-state index in [1.54, 1.807) is 35.2 Å². The molecule has 3 rings (SSSR count). The predicted molar refractivity (Wildman–Crippen MR) is 99.3 cm³/mol. The van der Waals surface area contributed by atoms with Crippen molar-refractivity contribution in [1.29, 1.82) is 0 Å². The zero-order chi connectivity index (χ0) is 17.8. The molecule has 1 saturated heterocycles. The van der Waals surface area contributed by atoms with E-state index in [4.69, 9.17) is 23.2 Å². The van der Waals surface area contributed by atoms with Crippen LogP contribution in [-0.4, -0.2) is 35.8 Å². The maximum Gasteiger partial charge on any atom is 0.255 e. The van der Waals surface area contributed by atoms with E-state index in [9.17, 15) is 9.59 Å². The summed E-state index contributed by atoms with van der Waals surface area (Å²) in [5.74, 6) is -0.205.